The number of hydrogen-bond acceptors (Lipinski definition) is 2. The van der Waals surface area contributed by atoms with Gasteiger partial charge in [0.25, 0.3) is 0 Å². The molecule has 0 saturated heterocycles. The SMILES string of the molecule is CC(C[O])NC(=O)CN(C)C. The molecule has 1 N–H and O–H groups in total. The summed E-state index contributed by atoms with van der Waals surface area (Å²) in [6, 6.07) is -0.262. The average Bonchev–Trinajstić information content (AvgIpc) is 1.85. The predicted octanol–water partition coefficient (Wildman–Crippen LogP) is -0.517. The van der Waals surface area contributed by atoms with E-state index in [-0.39, 0.29) is 18.6 Å². The summed E-state index contributed by atoms with van der Waals surface area (Å²) < 4.78 is 0. The minimum absolute atomic E-state index is 0.0987. The van der Waals surface area contributed by atoms with Crippen molar-refractivity contribution in [3.63, 3.8) is 0 Å². The average molecular weight is 159 g/mol. The number of nitrogens with zero attached hydrogens (tertiary/aromatic N) is 1. The highest BCUT2D eigenvalue weighted by atomic mass is 16.3. The third-order valence-corrected chi connectivity index (χ3v) is 1.12. The van der Waals surface area contributed by atoms with Crippen molar-refractivity contribution in [3.05, 3.63) is 0 Å². The molecule has 0 spiro atoms. The van der Waals surface area contributed by atoms with E-state index in [1.165, 1.54) is 0 Å². The van der Waals surface area contributed by atoms with E-state index in [4.69, 9.17) is 0 Å². The van der Waals surface area contributed by atoms with E-state index in [0.717, 1.165) is 0 Å². The van der Waals surface area contributed by atoms with E-state index in [0.29, 0.717) is 6.54 Å². The second-order valence-corrected chi connectivity index (χ2v) is 2.87. The standard InChI is InChI=1S/C7H15N2O2/c1-6(5-10)8-7(11)4-9(2)3/h6H,4-5H2,1-3H3,(H,8,11). The molecule has 1 atom stereocenters. The molecule has 0 aromatic heterocycles. The van der Waals surface area contributed by atoms with Gasteiger partial charge >= 0.3 is 0 Å². The van der Waals surface area contributed by atoms with Crippen molar-refractivity contribution in [1.29, 1.82) is 0 Å². The van der Waals surface area contributed by atoms with Gasteiger partial charge in [-0.3, -0.25) is 4.79 Å². The molecule has 1 amide bonds. The first-order valence-corrected chi connectivity index (χ1v) is 3.58. The minimum Gasteiger partial charge on any atom is -0.350 e. The number of rotatable bonds is 4. The molecule has 0 fully saturated rings. The molecule has 1 radical (unpaired) electrons. The second kappa shape index (κ2) is 5.09. The van der Waals surface area contributed by atoms with Gasteiger partial charge in [-0.05, 0) is 21.0 Å². The fourth-order valence-corrected chi connectivity index (χ4v) is 0.649. The van der Waals surface area contributed by atoms with Gasteiger partial charge < -0.3 is 10.2 Å². The number of nitrogens with one attached hydrogen (secondary N) is 1. The van der Waals surface area contributed by atoms with Crippen LogP contribution in [0.4, 0.5) is 0 Å². The third kappa shape index (κ3) is 5.82. The van der Waals surface area contributed by atoms with Crippen LogP contribution in [0.2, 0.25) is 0 Å². The molecule has 0 aliphatic heterocycles. The van der Waals surface area contributed by atoms with Gasteiger partial charge in [-0.25, -0.2) is 5.11 Å². The van der Waals surface area contributed by atoms with Gasteiger partial charge in [-0.2, -0.15) is 0 Å². The molecule has 65 valence electrons. The van der Waals surface area contributed by atoms with Crippen LogP contribution in [-0.2, 0) is 9.90 Å². The smallest absolute Gasteiger partial charge is 0.234 e. The summed E-state index contributed by atoms with van der Waals surface area (Å²) in [5, 5.41) is 12.8. The molecule has 0 aromatic carbocycles. The molecule has 0 saturated carbocycles. The van der Waals surface area contributed by atoms with E-state index < -0.39 is 0 Å². The maximum Gasteiger partial charge on any atom is 0.234 e. The van der Waals surface area contributed by atoms with Crippen molar-refractivity contribution in [2.75, 3.05) is 27.2 Å². The first kappa shape index (κ1) is 10.4. The highest BCUT2D eigenvalue weighted by molar-refractivity contribution is 5.78. The monoisotopic (exact) mass is 159 g/mol. The van der Waals surface area contributed by atoms with Gasteiger partial charge in [-0.15, -0.1) is 0 Å². The molecule has 1 unspecified atom stereocenters. The lowest BCUT2D eigenvalue weighted by Gasteiger charge is -2.12. The largest absolute Gasteiger partial charge is 0.350 e. The summed E-state index contributed by atoms with van der Waals surface area (Å²) in [6.07, 6.45) is 0. The molecule has 4 nitrogen and oxygen atoms in total. The lowest BCUT2D eigenvalue weighted by molar-refractivity contribution is -0.122. The molecular weight excluding hydrogens is 144 g/mol. The summed E-state index contributed by atoms with van der Waals surface area (Å²) in [6.45, 7) is 1.77. The van der Waals surface area contributed by atoms with Crippen LogP contribution in [0.3, 0.4) is 0 Å². The third-order valence-electron chi connectivity index (χ3n) is 1.12. The molecule has 0 aliphatic carbocycles. The highest BCUT2D eigenvalue weighted by Gasteiger charge is 2.06. The van der Waals surface area contributed by atoms with Gasteiger partial charge in [0.15, 0.2) is 0 Å². The summed E-state index contributed by atoms with van der Waals surface area (Å²) in [5.41, 5.74) is 0. The maximum atomic E-state index is 10.9. The Balaban J connectivity index is 3.52. The molecule has 0 aliphatic rings. The summed E-state index contributed by atoms with van der Waals surface area (Å²) in [7, 11) is 3.61. The van der Waals surface area contributed by atoms with Gasteiger partial charge in [-0.1, -0.05) is 0 Å². The number of amides is 1. The quantitative estimate of drug-likeness (QED) is 0.600. The maximum absolute atomic E-state index is 10.9. The zero-order valence-corrected chi connectivity index (χ0v) is 7.26. The van der Waals surface area contributed by atoms with Crippen LogP contribution in [0.15, 0.2) is 0 Å². The van der Waals surface area contributed by atoms with E-state index >= 15 is 0 Å². The van der Waals surface area contributed by atoms with Gasteiger partial charge in [0.2, 0.25) is 5.91 Å². The highest BCUT2D eigenvalue weighted by Crippen LogP contribution is 1.80. The number of likely N-dealkylation sites (N-methyl/N-ethyl adjacent to an activating group) is 1. The lowest BCUT2D eigenvalue weighted by atomic mass is 10.3. The Morgan fingerprint density at radius 3 is 2.45 bits per heavy atom. The minimum atomic E-state index is -0.265. The van der Waals surface area contributed by atoms with E-state index in [1.54, 1.807) is 25.9 Å². The Labute approximate surface area is 67.2 Å². The molecular formula is C7H15N2O2. The summed E-state index contributed by atoms with van der Waals surface area (Å²) in [4.78, 5) is 12.7. The fourth-order valence-electron chi connectivity index (χ4n) is 0.649. The summed E-state index contributed by atoms with van der Waals surface area (Å²) >= 11 is 0. The Morgan fingerprint density at radius 1 is 1.55 bits per heavy atom. The first-order chi connectivity index (χ1) is 5.06. The normalized spacial score (nSPS) is 13.2. The molecule has 0 bridgehead atoms. The van der Waals surface area contributed by atoms with Crippen molar-refractivity contribution in [3.8, 4) is 0 Å². The van der Waals surface area contributed by atoms with Gasteiger partial charge in [0.1, 0.15) is 6.61 Å². The van der Waals surface area contributed by atoms with Gasteiger partial charge in [0, 0.05) is 0 Å². The number of carbonyl (C=O) groups is 1. The predicted molar refractivity (Wildman–Crippen MR) is 41.7 cm³/mol. The summed E-state index contributed by atoms with van der Waals surface area (Å²) in [5.74, 6) is -0.0987. The molecule has 4 heteroatoms. The van der Waals surface area contributed by atoms with Crippen LogP contribution in [0.5, 0.6) is 0 Å². The van der Waals surface area contributed by atoms with E-state index in [2.05, 4.69) is 5.32 Å². The van der Waals surface area contributed by atoms with Crippen molar-refractivity contribution in [2.45, 2.75) is 13.0 Å². The zero-order valence-electron chi connectivity index (χ0n) is 7.26. The molecule has 0 rings (SSSR count). The zero-order chi connectivity index (χ0) is 8.85. The topological polar surface area (TPSA) is 52.2 Å². The van der Waals surface area contributed by atoms with Crippen LogP contribution in [-0.4, -0.2) is 44.1 Å². The first-order valence-electron chi connectivity index (χ1n) is 3.58. The van der Waals surface area contributed by atoms with Crippen LogP contribution >= 0.6 is 0 Å². The number of hydrogen-bond donors (Lipinski definition) is 1. The van der Waals surface area contributed by atoms with E-state index in [9.17, 15) is 9.90 Å². The Hall–Kier alpha value is -0.610. The van der Waals surface area contributed by atoms with Crippen LogP contribution in [0.1, 0.15) is 6.92 Å². The number of carbonyl (C=O) groups excluding carboxylic acids is 1. The van der Waals surface area contributed by atoms with Crippen molar-refractivity contribution < 1.29 is 9.90 Å². The van der Waals surface area contributed by atoms with Crippen molar-refractivity contribution in [1.82, 2.24) is 10.2 Å². The lowest BCUT2D eigenvalue weighted by Crippen LogP contribution is -2.40. The van der Waals surface area contributed by atoms with Crippen molar-refractivity contribution in [2.24, 2.45) is 0 Å². The molecule has 11 heavy (non-hydrogen) atoms. The van der Waals surface area contributed by atoms with Crippen LogP contribution < -0.4 is 5.32 Å². The molecule has 0 heterocycles. The Bertz CT molecular complexity index is 126. The Morgan fingerprint density at radius 2 is 2.09 bits per heavy atom. The van der Waals surface area contributed by atoms with Crippen molar-refractivity contribution >= 4 is 5.91 Å². The van der Waals surface area contributed by atoms with E-state index in [1.807, 2.05) is 0 Å². The second-order valence-electron chi connectivity index (χ2n) is 2.87. The van der Waals surface area contributed by atoms with Crippen LogP contribution in [0.25, 0.3) is 0 Å². The van der Waals surface area contributed by atoms with Crippen LogP contribution in [0, 0.1) is 0 Å². The Kier molecular flexibility index (Phi) is 4.81. The fraction of sp³-hybridized carbons (Fsp3) is 0.857. The molecule has 0 aromatic rings. The van der Waals surface area contributed by atoms with Gasteiger partial charge in [0.05, 0.1) is 12.6 Å².